The highest BCUT2D eigenvalue weighted by atomic mass is 16.5. The van der Waals surface area contributed by atoms with Crippen LogP contribution in [-0.2, 0) is 9.53 Å². The third-order valence-corrected chi connectivity index (χ3v) is 7.49. The number of ether oxygens (including phenoxy) is 1. The summed E-state index contributed by atoms with van der Waals surface area (Å²) in [5.41, 5.74) is 0.206. The van der Waals surface area contributed by atoms with E-state index in [1.54, 1.807) is 0 Å². The predicted molar refractivity (Wildman–Crippen MR) is 89.7 cm³/mol. The summed E-state index contributed by atoms with van der Waals surface area (Å²) in [7, 11) is 0. The maximum atomic E-state index is 12.3. The molecule has 0 unspecified atom stereocenters. The molecule has 2 saturated heterocycles. The Balaban J connectivity index is 1.58. The van der Waals surface area contributed by atoms with Crippen molar-refractivity contribution in [2.75, 3.05) is 0 Å². The van der Waals surface area contributed by atoms with Crippen LogP contribution in [0, 0.1) is 29.6 Å². The Morgan fingerprint density at radius 1 is 1.18 bits per heavy atom. The lowest BCUT2D eigenvalue weighted by atomic mass is 9.65. The molecule has 126 valence electrons. The van der Waals surface area contributed by atoms with Gasteiger partial charge < -0.3 is 4.74 Å². The van der Waals surface area contributed by atoms with Crippen LogP contribution < -0.4 is 0 Å². The zero-order valence-electron chi connectivity index (χ0n) is 15.2. The van der Waals surface area contributed by atoms with E-state index < -0.39 is 0 Å². The number of rotatable bonds is 4. The summed E-state index contributed by atoms with van der Waals surface area (Å²) in [6.45, 7) is 11.5. The number of ketones is 1. The molecule has 0 radical (unpaired) electrons. The van der Waals surface area contributed by atoms with Gasteiger partial charge in [0.2, 0.25) is 0 Å². The van der Waals surface area contributed by atoms with Gasteiger partial charge in [-0.15, -0.1) is 0 Å². The van der Waals surface area contributed by atoms with E-state index >= 15 is 0 Å². The molecule has 0 spiro atoms. The number of hydrogen-bond acceptors (Lipinski definition) is 2. The van der Waals surface area contributed by atoms with E-state index in [2.05, 4.69) is 34.6 Å². The van der Waals surface area contributed by atoms with E-state index in [0.29, 0.717) is 35.4 Å². The highest BCUT2D eigenvalue weighted by molar-refractivity contribution is 5.82. The van der Waals surface area contributed by atoms with Gasteiger partial charge in [0.1, 0.15) is 5.78 Å². The first-order valence-electron chi connectivity index (χ1n) is 9.48. The minimum absolute atomic E-state index is 0.0962. The molecule has 1 aliphatic carbocycles. The number of Topliss-reactive ketones (excluding diaryl/α,β-unsaturated/α-hetero) is 1. The quantitative estimate of drug-likeness (QED) is 0.730. The molecule has 2 heterocycles. The summed E-state index contributed by atoms with van der Waals surface area (Å²) in [6.07, 6.45) is 8.02. The van der Waals surface area contributed by atoms with E-state index in [-0.39, 0.29) is 11.2 Å². The van der Waals surface area contributed by atoms with Crippen molar-refractivity contribution >= 4 is 5.78 Å². The second kappa shape index (κ2) is 5.61. The van der Waals surface area contributed by atoms with Crippen molar-refractivity contribution in [1.29, 1.82) is 0 Å². The maximum absolute atomic E-state index is 12.3. The topological polar surface area (TPSA) is 26.3 Å². The smallest absolute Gasteiger partial charge is 0.136 e. The van der Waals surface area contributed by atoms with Crippen molar-refractivity contribution in [3.63, 3.8) is 0 Å². The second-order valence-electron chi connectivity index (χ2n) is 9.14. The molecular weight excluding hydrogens is 272 g/mol. The average molecular weight is 306 g/mol. The van der Waals surface area contributed by atoms with Gasteiger partial charge >= 0.3 is 0 Å². The highest BCUT2D eigenvalue weighted by Crippen LogP contribution is 2.58. The molecule has 3 rings (SSSR count). The molecule has 1 saturated carbocycles. The zero-order chi connectivity index (χ0) is 16.1. The molecule has 0 aromatic heterocycles. The lowest BCUT2D eigenvalue weighted by Crippen LogP contribution is -2.37. The largest absolute Gasteiger partial charge is 0.369 e. The van der Waals surface area contributed by atoms with E-state index in [1.807, 2.05) is 0 Å². The fraction of sp³-hybridized carbons (Fsp3) is 0.950. The molecule has 3 fully saturated rings. The summed E-state index contributed by atoms with van der Waals surface area (Å²) in [4.78, 5) is 12.3. The molecule has 0 aromatic rings. The minimum Gasteiger partial charge on any atom is -0.369 e. The van der Waals surface area contributed by atoms with Crippen molar-refractivity contribution in [3.05, 3.63) is 0 Å². The summed E-state index contributed by atoms with van der Waals surface area (Å²) in [6, 6.07) is 0. The Kier molecular flexibility index (Phi) is 4.21. The summed E-state index contributed by atoms with van der Waals surface area (Å²) < 4.78 is 6.42. The first kappa shape index (κ1) is 16.5. The minimum atomic E-state index is 0.0962. The monoisotopic (exact) mass is 306 g/mol. The Hall–Kier alpha value is -0.370. The van der Waals surface area contributed by atoms with Crippen LogP contribution in [0.2, 0.25) is 0 Å². The van der Waals surface area contributed by atoms with Crippen LogP contribution in [0.25, 0.3) is 0 Å². The first-order valence-corrected chi connectivity index (χ1v) is 9.48. The second-order valence-corrected chi connectivity index (χ2v) is 9.14. The lowest BCUT2D eigenvalue weighted by molar-refractivity contribution is -0.127. The van der Waals surface area contributed by atoms with E-state index in [0.717, 1.165) is 12.8 Å². The van der Waals surface area contributed by atoms with Crippen molar-refractivity contribution in [2.45, 2.75) is 90.8 Å². The Morgan fingerprint density at radius 2 is 1.86 bits per heavy atom. The summed E-state index contributed by atoms with van der Waals surface area (Å²) in [5.74, 6) is 3.33. The van der Waals surface area contributed by atoms with Crippen molar-refractivity contribution in [3.8, 4) is 0 Å². The molecule has 3 aliphatic rings. The van der Waals surface area contributed by atoms with Gasteiger partial charge in [-0.1, -0.05) is 20.8 Å². The summed E-state index contributed by atoms with van der Waals surface area (Å²) >= 11 is 0. The molecule has 2 heteroatoms. The molecular formula is C20H34O2. The van der Waals surface area contributed by atoms with Crippen LogP contribution in [0.4, 0.5) is 0 Å². The Labute approximate surface area is 136 Å². The van der Waals surface area contributed by atoms with Crippen LogP contribution in [0.15, 0.2) is 0 Å². The standard InChI is InChI=1S/C20H34O2/c1-13-6-8-16(18(21)12-13)14(2)7-9-17-15(3)19(4)10-11-20(17,5)22-19/h13-17H,6-12H2,1-5H3/t13-,14+,15-,16+,17-,19+,20-/m1/s1. The van der Waals surface area contributed by atoms with Crippen molar-refractivity contribution in [1.82, 2.24) is 0 Å². The van der Waals surface area contributed by atoms with Crippen LogP contribution in [0.5, 0.6) is 0 Å². The van der Waals surface area contributed by atoms with Crippen LogP contribution in [0.1, 0.15) is 79.6 Å². The molecule has 0 amide bonds. The van der Waals surface area contributed by atoms with E-state index in [4.69, 9.17) is 4.74 Å². The van der Waals surface area contributed by atoms with Gasteiger partial charge in [0.05, 0.1) is 11.2 Å². The molecule has 2 nitrogen and oxygen atoms in total. The summed E-state index contributed by atoms with van der Waals surface area (Å²) in [5, 5.41) is 0. The fourth-order valence-corrected chi connectivity index (χ4v) is 5.69. The molecule has 0 aromatic carbocycles. The molecule has 2 bridgehead atoms. The Morgan fingerprint density at radius 3 is 2.45 bits per heavy atom. The van der Waals surface area contributed by atoms with Crippen LogP contribution in [-0.4, -0.2) is 17.0 Å². The lowest BCUT2D eigenvalue weighted by Gasteiger charge is -2.36. The van der Waals surface area contributed by atoms with Gasteiger partial charge in [-0.2, -0.15) is 0 Å². The maximum Gasteiger partial charge on any atom is 0.136 e. The number of hydrogen-bond donors (Lipinski definition) is 0. The zero-order valence-corrected chi connectivity index (χ0v) is 15.2. The third-order valence-electron chi connectivity index (χ3n) is 7.49. The van der Waals surface area contributed by atoms with E-state index in [9.17, 15) is 4.79 Å². The molecule has 2 aliphatic heterocycles. The first-order chi connectivity index (χ1) is 10.3. The van der Waals surface area contributed by atoms with Crippen molar-refractivity contribution in [2.24, 2.45) is 29.6 Å². The third kappa shape index (κ3) is 2.66. The number of fused-ring (bicyclic) bond motifs is 2. The van der Waals surface area contributed by atoms with Gasteiger partial charge in [-0.25, -0.2) is 0 Å². The molecule has 0 N–H and O–H groups in total. The molecule has 7 atom stereocenters. The fourth-order valence-electron chi connectivity index (χ4n) is 5.69. The SMILES string of the molecule is C[C@@H]1CC[C@@H]([C@@H](C)CC[C@@H]2[C@@H](C)[C@]3(C)CC[C@@]2(C)O3)C(=O)C1. The van der Waals surface area contributed by atoms with Gasteiger partial charge in [-0.05, 0) is 76.0 Å². The number of carbonyl (C=O) groups is 1. The van der Waals surface area contributed by atoms with Crippen LogP contribution in [0.3, 0.4) is 0 Å². The number of carbonyl (C=O) groups excluding carboxylic acids is 1. The van der Waals surface area contributed by atoms with Gasteiger partial charge in [0.25, 0.3) is 0 Å². The van der Waals surface area contributed by atoms with Gasteiger partial charge in [-0.3, -0.25) is 4.79 Å². The normalized spacial score (nSPS) is 49.6. The van der Waals surface area contributed by atoms with Gasteiger partial charge in [0, 0.05) is 12.3 Å². The molecule has 22 heavy (non-hydrogen) atoms. The predicted octanol–water partition coefficient (Wildman–Crippen LogP) is 5.00. The van der Waals surface area contributed by atoms with E-state index in [1.165, 1.54) is 32.1 Å². The van der Waals surface area contributed by atoms with Gasteiger partial charge in [0.15, 0.2) is 0 Å². The Bertz CT molecular complexity index is 445. The highest BCUT2D eigenvalue weighted by Gasteiger charge is 2.60. The van der Waals surface area contributed by atoms with Crippen LogP contribution >= 0.6 is 0 Å². The average Bonchev–Trinajstić information content (AvgIpc) is 2.84. The van der Waals surface area contributed by atoms with Crippen molar-refractivity contribution < 1.29 is 9.53 Å².